The van der Waals surface area contributed by atoms with Crippen molar-refractivity contribution >= 4 is 38.6 Å². The molecule has 1 atom stereocenters. The van der Waals surface area contributed by atoms with Crippen LogP contribution in [0.3, 0.4) is 0 Å². The second-order valence-corrected chi connectivity index (χ2v) is 11.6. The number of aliphatic carboxylic acids is 1. The zero-order valence-corrected chi connectivity index (χ0v) is 21.9. The highest BCUT2D eigenvalue weighted by atomic mass is 32.2. The molecule has 0 saturated carbocycles. The maximum Gasteiger partial charge on any atom is 0.326 e. The number of amides is 2. The number of carbonyl (C=O) groups excluding carboxylic acids is 2. The fourth-order valence-electron chi connectivity index (χ4n) is 4.72. The molecule has 1 aromatic heterocycles. The second-order valence-electron chi connectivity index (χ2n) is 9.62. The predicted octanol–water partition coefficient (Wildman–Crippen LogP) is 3.46. The summed E-state index contributed by atoms with van der Waals surface area (Å²) in [5, 5.41) is 13.2. The van der Waals surface area contributed by atoms with Crippen LogP contribution < -0.4 is 5.32 Å². The van der Waals surface area contributed by atoms with Gasteiger partial charge in [-0.2, -0.15) is 0 Å². The Morgan fingerprint density at radius 2 is 1.79 bits per heavy atom. The molecule has 4 aromatic rings. The van der Waals surface area contributed by atoms with E-state index in [1.807, 2.05) is 12.1 Å². The van der Waals surface area contributed by atoms with Gasteiger partial charge in [0.15, 0.2) is 9.84 Å². The number of carboxylic acids is 1. The van der Waals surface area contributed by atoms with Crippen molar-refractivity contribution in [1.29, 1.82) is 0 Å². The number of fused-ring (bicyclic) bond motifs is 2. The first-order chi connectivity index (χ1) is 18.6. The molecule has 3 aromatic carbocycles. The average molecular weight is 547 g/mol. The van der Waals surface area contributed by atoms with Gasteiger partial charge >= 0.3 is 5.97 Å². The van der Waals surface area contributed by atoms with Gasteiger partial charge in [0, 0.05) is 42.3 Å². The largest absolute Gasteiger partial charge is 0.480 e. The van der Waals surface area contributed by atoms with Crippen molar-refractivity contribution in [1.82, 2.24) is 10.2 Å². The molecular formula is C29H26N2O7S. The molecule has 0 saturated heterocycles. The van der Waals surface area contributed by atoms with E-state index in [2.05, 4.69) is 5.32 Å². The first-order valence-corrected chi connectivity index (χ1v) is 14.2. The van der Waals surface area contributed by atoms with Gasteiger partial charge in [-0.1, -0.05) is 24.3 Å². The Labute approximate surface area is 225 Å². The number of hydrogen-bond donors (Lipinski definition) is 2. The third-order valence-electron chi connectivity index (χ3n) is 6.84. The molecule has 39 heavy (non-hydrogen) atoms. The highest BCUT2D eigenvalue weighted by molar-refractivity contribution is 7.90. The molecular weight excluding hydrogens is 520 g/mol. The van der Waals surface area contributed by atoms with Gasteiger partial charge in [-0.05, 0) is 65.6 Å². The third kappa shape index (κ3) is 5.70. The zero-order valence-electron chi connectivity index (χ0n) is 21.1. The van der Waals surface area contributed by atoms with Crippen LogP contribution in [0.5, 0.6) is 0 Å². The lowest BCUT2D eigenvalue weighted by atomic mass is 9.96. The molecule has 2 amide bonds. The van der Waals surface area contributed by atoms with Crippen LogP contribution in [-0.4, -0.2) is 55.1 Å². The summed E-state index contributed by atoms with van der Waals surface area (Å²) in [7, 11) is -3.45. The molecule has 2 N–H and O–H groups in total. The van der Waals surface area contributed by atoms with Crippen LogP contribution in [0.25, 0.3) is 11.0 Å². The minimum Gasteiger partial charge on any atom is -0.480 e. The number of carbonyl (C=O) groups is 3. The van der Waals surface area contributed by atoms with Crippen LogP contribution in [0, 0.1) is 0 Å². The van der Waals surface area contributed by atoms with Gasteiger partial charge in [-0.25, -0.2) is 13.2 Å². The van der Waals surface area contributed by atoms with Gasteiger partial charge in [0.1, 0.15) is 11.6 Å². The number of furan rings is 1. The highest BCUT2D eigenvalue weighted by Crippen LogP contribution is 2.24. The van der Waals surface area contributed by atoms with E-state index >= 15 is 0 Å². The van der Waals surface area contributed by atoms with Crippen molar-refractivity contribution in [2.75, 3.05) is 12.8 Å². The van der Waals surface area contributed by atoms with Crippen molar-refractivity contribution in [2.24, 2.45) is 0 Å². The van der Waals surface area contributed by atoms with Crippen molar-refractivity contribution in [2.45, 2.75) is 30.3 Å². The van der Waals surface area contributed by atoms with Crippen molar-refractivity contribution in [3.8, 4) is 0 Å². The van der Waals surface area contributed by atoms with E-state index in [4.69, 9.17) is 4.42 Å². The van der Waals surface area contributed by atoms with Gasteiger partial charge in [-0.3, -0.25) is 9.59 Å². The molecule has 0 fully saturated rings. The fourth-order valence-corrected chi connectivity index (χ4v) is 5.41. The zero-order chi connectivity index (χ0) is 27.7. The van der Waals surface area contributed by atoms with E-state index in [9.17, 15) is 27.9 Å². The Kier molecular flexibility index (Phi) is 6.96. The lowest BCUT2D eigenvalue weighted by molar-refractivity contribution is -0.139. The fraction of sp³-hybridized carbons (Fsp3) is 0.207. The van der Waals surface area contributed by atoms with Crippen LogP contribution in [0.4, 0.5) is 0 Å². The van der Waals surface area contributed by atoms with Gasteiger partial charge in [0.25, 0.3) is 11.8 Å². The first kappa shape index (κ1) is 26.2. The molecule has 5 rings (SSSR count). The molecule has 1 aliphatic rings. The molecule has 2 heterocycles. The summed E-state index contributed by atoms with van der Waals surface area (Å²) in [5.74, 6) is -1.88. The highest BCUT2D eigenvalue weighted by Gasteiger charge is 2.25. The number of rotatable bonds is 7. The number of hydrogen-bond acceptors (Lipinski definition) is 6. The van der Waals surface area contributed by atoms with E-state index in [-0.39, 0.29) is 17.2 Å². The Balaban J connectivity index is 1.27. The van der Waals surface area contributed by atoms with Gasteiger partial charge < -0.3 is 19.7 Å². The van der Waals surface area contributed by atoms with E-state index in [0.29, 0.717) is 41.8 Å². The number of nitrogens with zero attached hydrogens (tertiary/aromatic N) is 1. The first-order valence-electron chi connectivity index (χ1n) is 12.3. The average Bonchev–Trinajstić information content (AvgIpc) is 3.39. The number of benzene rings is 3. The Bertz CT molecular complexity index is 1710. The minimum atomic E-state index is -3.45. The van der Waals surface area contributed by atoms with Crippen LogP contribution in [0.1, 0.15) is 37.4 Å². The molecule has 0 bridgehead atoms. The molecule has 0 radical (unpaired) electrons. The van der Waals surface area contributed by atoms with Crippen LogP contribution in [-0.2, 0) is 34.0 Å². The summed E-state index contributed by atoms with van der Waals surface area (Å²) in [6, 6.07) is 17.1. The summed E-state index contributed by atoms with van der Waals surface area (Å²) in [6.07, 6.45) is 3.13. The molecule has 0 unspecified atom stereocenters. The van der Waals surface area contributed by atoms with Crippen LogP contribution in [0.2, 0.25) is 0 Å². The van der Waals surface area contributed by atoms with E-state index in [1.165, 1.54) is 12.1 Å². The van der Waals surface area contributed by atoms with E-state index < -0.39 is 27.8 Å². The SMILES string of the molecule is CS(=O)(=O)c1cccc(C[C@H](NC(=O)c2ccc3c(c2)CCN(C(=O)c2ccc4ccoc4c2)C3)C(=O)O)c1. The molecule has 9 nitrogen and oxygen atoms in total. The summed E-state index contributed by atoms with van der Waals surface area (Å²) in [4.78, 5) is 39.8. The number of nitrogens with one attached hydrogen (secondary N) is 1. The van der Waals surface area contributed by atoms with Crippen LogP contribution in [0.15, 0.2) is 82.3 Å². The quantitative estimate of drug-likeness (QED) is 0.363. The Hall–Kier alpha value is -4.44. The molecule has 0 aliphatic carbocycles. The van der Waals surface area contributed by atoms with Crippen LogP contribution >= 0.6 is 0 Å². The number of carboxylic acid groups (broad SMARTS) is 1. The summed E-state index contributed by atoms with van der Waals surface area (Å²) in [5.41, 5.74) is 3.81. The normalized spacial score (nSPS) is 14.0. The monoisotopic (exact) mass is 546 g/mol. The number of sulfone groups is 1. The predicted molar refractivity (Wildman–Crippen MR) is 143 cm³/mol. The summed E-state index contributed by atoms with van der Waals surface area (Å²) in [6.45, 7) is 0.863. The van der Waals surface area contributed by atoms with Crippen molar-refractivity contribution in [3.05, 3.63) is 101 Å². The molecule has 200 valence electrons. The van der Waals surface area contributed by atoms with Gasteiger partial charge in [-0.15, -0.1) is 0 Å². The third-order valence-corrected chi connectivity index (χ3v) is 7.95. The second kappa shape index (κ2) is 10.4. The van der Waals surface area contributed by atoms with E-state index in [0.717, 1.165) is 22.8 Å². The van der Waals surface area contributed by atoms with Crippen molar-refractivity contribution in [3.63, 3.8) is 0 Å². The topological polar surface area (TPSA) is 134 Å². The lowest BCUT2D eigenvalue weighted by Crippen LogP contribution is -2.42. The van der Waals surface area contributed by atoms with Gasteiger partial charge in [0.05, 0.1) is 11.2 Å². The Morgan fingerprint density at radius 1 is 1.00 bits per heavy atom. The molecule has 1 aliphatic heterocycles. The maximum atomic E-state index is 13.1. The minimum absolute atomic E-state index is 0.0732. The summed E-state index contributed by atoms with van der Waals surface area (Å²) < 4.78 is 29.1. The molecule has 10 heteroatoms. The molecule has 0 spiro atoms. The maximum absolute atomic E-state index is 13.1. The van der Waals surface area contributed by atoms with Crippen molar-refractivity contribution < 1.29 is 32.3 Å². The lowest BCUT2D eigenvalue weighted by Gasteiger charge is -2.29. The Morgan fingerprint density at radius 3 is 2.56 bits per heavy atom. The van der Waals surface area contributed by atoms with E-state index in [1.54, 1.807) is 53.6 Å². The smallest absolute Gasteiger partial charge is 0.326 e. The summed E-state index contributed by atoms with van der Waals surface area (Å²) >= 11 is 0. The standard InChI is InChI=1S/C29H26N2O7S/c1-39(36,37)24-4-2-3-18(13-24)14-25(29(34)35)30-27(32)21-6-8-23-17-31(11-9-20(23)15-21)28(33)22-7-5-19-10-12-38-26(19)16-22/h2-8,10,12-13,15-16,25H,9,11,14,17H2,1H3,(H,30,32)(H,34,35)/t25-/m0/s1. The van der Waals surface area contributed by atoms with Gasteiger partial charge in [0.2, 0.25) is 0 Å².